The van der Waals surface area contributed by atoms with Gasteiger partial charge in [0.15, 0.2) is 5.75 Å². The number of aromatic hydroxyl groups is 1. The molecule has 0 aromatic heterocycles. The number of fused-ring (bicyclic) bond motifs is 1. The average molecular weight is 621 g/mol. The Morgan fingerprint density at radius 1 is 0.732 bits per heavy atom. The van der Waals surface area contributed by atoms with Crippen molar-refractivity contribution in [3.05, 3.63) is 72.3 Å². The van der Waals surface area contributed by atoms with Gasteiger partial charge in [0.1, 0.15) is 26.9 Å². The van der Waals surface area contributed by atoms with Crippen molar-refractivity contribution in [2.45, 2.75) is 14.7 Å². The molecule has 0 bridgehead atoms. The molecule has 0 aliphatic rings. The van der Waals surface area contributed by atoms with Crippen LogP contribution in [0.1, 0.15) is 10.4 Å². The smallest absolute Gasteiger partial charge is 0.338 e. The van der Waals surface area contributed by atoms with E-state index in [-0.39, 0.29) is 38.4 Å². The molecule has 0 radical (unpaired) electrons. The maximum Gasteiger partial charge on any atom is 0.338 e. The van der Waals surface area contributed by atoms with E-state index in [1.165, 1.54) is 42.5 Å². The van der Waals surface area contributed by atoms with Gasteiger partial charge in [-0.2, -0.15) is 26.3 Å². The predicted octanol–water partition coefficient (Wildman–Crippen LogP) is 6.06. The highest BCUT2D eigenvalue weighted by Gasteiger charge is 2.20. The summed E-state index contributed by atoms with van der Waals surface area (Å²) in [6, 6.07) is 13.4. The zero-order chi connectivity index (χ0) is 29.9. The van der Waals surface area contributed by atoms with E-state index < -0.39 is 47.3 Å². The molecule has 212 valence electrons. The van der Waals surface area contributed by atoms with E-state index in [1.54, 1.807) is 0 Å². The van der Waals surface area contributed by atoms with E-state index >= 15 is 0 Å². The van der Waals surface area contributed by atoms with Gasteiger partial charge in [0, 0.05) is 15.7 Å². The van der Waals surface area contributed by atoms with Crippen LogP contribution < -0.4 is 0 Å². The number of nitrogens with zero attached hydrogens (tertiary/aromatic N) is 4. The average Bonchev–Trinajstić information content (AvgIpc) is 2.90. The van der Waals surface area contributed by atoms with Crippen LogP contribution in [-0.4, -0.2) is 47.4 Å². The molecule has 18 heteroatoms. The zero-order valence-corrected chi connectivity index (χ0v) is 22.5. The minimum absolute atomic E-state index is 0.0255. The quantitative estimate of drug-likeness (QED) is 0.0471. The second kappa shape index (κ2) is 11.7. The molecule has 0 amide bonds. The van der Waals surface area contributed by atoms with Crippen LogP contribution in [0.25, 0.3) is 10.8 Å². The molecule has 4 aromatic rings. The number of carbonyl (C=O) groups is 1. The van der Waals surface area contributed by atoms with Crippen molar-refractivity contribution in [2.24, 2.45) is 20.5 Å². The Kier molecular flexibility index (Phi) is 8.44. The van der Waals surface area contributed by atoms with Crippen LogP contribution in [0.4, 0.5) is 22.7 Å². The van der Waals surface area contributed by atoms with E-state index in [0.717, 1.165) is 24.3 Å². The summed E-state index contributed by atoms with van der Waals surface area (Å²) >= 11 is 0.458. The summed E-state index contributed by atoms with van der Waals surface area (Å²) in [5.74, 6) is -1.95. The Labute approximate surface area is 235 Å². The van der Waals surface area contributed by atoms with Gasteiger partial charge >= 0.3 is 5.97 Å². The fourth-order valence-corrected chi connectivity index (χ4v) is 5.24. The Morgan fingerprint density at radius 2 is 1.37 bits per heavy atom. The number of phenolic OH excluding ortho intramolecular Hbond substituents is 1. The lowest BCUT2D eigenvalue weighted by molar-refractivity contribution is -0.116. The summed E-state index contributed by atoms with van der Waals surface area (Å²) in [5, 5.41) is 44.1. The summed E-state index contributed by atoms with van der Waals surface area (Å²) in [4.78, 5) is 10.9. The van der Waals surface area contributed by atoms with Crippen LogP contribution in [0.15, 0.2) is 102 Å². The van der Waals surface area contributed by atoms with Crippen LogP contribution in [0.5, 0.6) is 5.75 Å². The Bertz CT molecular complexity index is 1960. The standard InChI is InChI=1S/C23H16N4O11S3/c28-22-15-4-2-1-3-14(15)21(41(35,36)37)11-19(22)27-25-17-7-5-12(9-16(17)23(29)30)24-26-18-10-13(39-38-31)6-8-20(18)40(32,33)34/h1-11,28,31H,(H,29,30)(H,32,33,34)(H,35,36,37)/b26-24+,27-25+. The fraction of sp³-hybridized carbons (Fsp3) is 0. The molecule has 5 N–H and O–H groups in total. The number of phenols is 1. The number of aromatic carboxylic acids is 1. The summed E-state index contributed by atoms with van der Waals surface area (Å²) < 4.78 is 70.2. The molecule has 0 aliphatic heterocycles. The van der Waals surface area contributed by atoms with Gasteiger partial charge in [0.25, 0.3) is 20.2 Å². The third-order valence-corrected chi connectivity index (χ3v) is 7.64. The number of carboxylic acids is 1. The van der Waals surface area contributed by atoms with Gasteiger partial charge in [-0.1, -0.05) is 24.3 Å². The van der Waals surface area contributed by atoms with Crippen molar-refractivity contribution in [3.63, 3.8) is 0 Å². The largest absolute Gasteiger partial charge is 0.505 e. The molecule has 0 heterocycles. The first-order valence-electron chi connectivity index (χ1n) is 10.8. The fourth-order valence-electron chi connectivity index (χ4n) is 3.55. The van der Waals surface area contributed by atoms with Gasteiger partial charge in [-0.3, -0.25) is 9.11 Å². The summed E-state index contributed by atoms with van der Waals surface area (Å²) in [5.41, 5.74) is -1.50. The second-order valence-electron chi connectivity index (χ2n) is 7.93. The van der Waals surface area contributed by atoms with Crippen molar-refractivity contribution in [1.82, 2.24) is 0 Å². The third kappa shape index (κ3) is 6.72. The van der Waals surface area contributed by atoms with Crippen molar-refractivity contribution >= 4 is 71.8 Å². The van der Waals surface area contributed by atoms with Crippen molar-refractivity contribution in [1.29, 1.82) is 0 Å². The number of benzene rings is 4. The minimum atomic E-state index is -4.73. The molecule has 0 spiro atoms. The maximum absolute atomic E-state index is 11.9. The summed E-state index contributed by atoms with van der Waals surface area (Å²) in [6.07, 6.45) is 0. The maximum atomic E-state index is 11.9. The molecular weight excluding hydrogens is 604 g/mol. The number of rotatable bonds is 9. The highest BCUT2D eigenvalue weighted by molar-refractivity contribution is 7.94. The molecule has 0 aliphatic carbocycles. The highest BCUT2D eigenvalue weighted by atomic mass is 32.2. The topological polar surface area (TPSA) is 245 Å². The van der Waals surface area contributed by atoms with E-state index in [9.17, 15) is 40.9 Å². The minimum Gasteiger partial charge on any atom is -0.505 e. The first kappa shape index (κ1) is 29.7. The molecule has 0 atom stereocenters. The predicted molar refractivity (Wildman–Crippen MR) is 143 cm³/mol. The van der Waals surface area contributed by atoms with Crippen LogP contribution in [0.3, 0.4) is 0 Å². The SMILES string of the molecule is O=C(O)c1cc(/N=N/c2cc(SOO)ccc2S(=O)(=O)O)ccc1/N=N/c1cc(S(=O)(=O)O)c2ccccc2c1O. The van der Waals surface area contributed by atoms with Gasteiger partial charge in [-0.05, 0) is 42.5 Å². The van der Waals surface area contributed by atoms with Crippen molar-refractivity contribution < 1.29 is 50.5 Å². The van der Waals surface area contributed by atoms with E-state index in [4.69, 9.17) is 5.26 Å². The molecule has 4 aromatic carbocycles. The van der Waals surface area contributed by atoms with Crippen LogP contribution in [0.2, 0.25) is 0 Å². The zero-order valence-electron chi connectivity index (χ0n) is 20.1. The summed E-state index contributed by atoms with van der Waals surface area (Å²) in [6.45, 7) is 0. The first-order chi connectivity index (χ1) is 19.3. The van der Waals surface area contributed by atoms with E-state index in [1.807, 2.05) is 0 Å². The van der Waals surface area contributed by atoms with Gasteiger partial charge in [-0.15, -0.1) is 15.3 Å². The second-order valence-corrected chi connectivity index (χ2v) is 11.5. The molecular formula is C23H16N4O11S3. The molecule has 0 saturated carbocycles. The molecule has 4 rings (SSSR count). The van der Waals surface area contributed by atoms with Gasteiger partial charge < -0.3 is 10.2 Å². The highest BCUT2D eigenvalue weighted by Crippen LogP contribution is 2.40. The molecule has 0 fully saturated rings. The molecule has 0 unspecified atom stereocenters. The van der Waals surface area contributed by atoms with Gasteiger partial charge in [0.2, 0.25) is 0 Å². The lowest BCUT2D eigenvalue weighted by Gasteiger charge is -2.08. The third-order valence-electron chi connectivity index (χ3n) is 5.33. The summed E-state index contributed by atoms with van der Waals surface area (Å²) in [7, 11) is -9.45. The molecule has 41 heavy (non-hydrogen) atoms. The van der Waals surface area contributed by atoms with Crippen molar-refractivity contribution in [2.75, 3.05) is 0 Å². The Hall–Kier alpha value is -4.30. The molecule has 15 nitrogen and oxygen atoms in total. The van der Waals surface area contributed by atoms with Gasteiger partial charge in [0.05, 0.1) is 23.3 Å². The normalized spacial score (nSPS) is 12.5. The lowest BCUT2D eigenvalue weighted by Crippen LogP contribution is -1.99. The van der Waals surface area contributed by atoms with Crippen molar-refractivity contribution in [3.8, 4) is 5.75 Å². The van der Waals surface area contributed by atoms with Crippen LogP contribution in [0, 0.1) is 0 Å². The molecule has 0 saturated heterocycles. The number of hydrogen-bond acceptors (Lipinski definition) is 13. The first-order valence-corrected chi connectivity index (χ1v) is 14.4. The monoisotopic (exact) mass is 620 g/mol. The number of hydrogen-bond donors (Lipinski definition) is 5. The van der Waals surface area contributed by atoms with Crippen LogP contribution in [-0.2, 0) is 24.6 Å². The van der Waals surface area contributed by atoms with Crippen LogP contribution >= 0.6 is 12.0 Å². The number of azo groups is 2. The van der Waals surface area contributed by atoms with E-state index in [2.05, 4.69) is 24.8 Å². The lowest BCUT2D eigenvalue weighted by atomic mass is 10.1. The number of carboxylic acid groups (broad SMARTS) is 1. The van der Waals surface area contributed by atoms with E-state index in [0.29, 0.717) is 12.0 Å². The Balaban J connectivity index is 1.74. The van der Waals surface area contributed by atoms with Gasteiger partial charge in [-0.25, -0.2) is 10.1 Å². The Morgan fingerprint density at radius 3 is 2.00 bits per heavy atom.